The maximum atomic E-state index is 12.3. The van der Waals surface area contributed by atoms with Gasteiger partial charge < -0.3 is 19.7 Å². The molecule has 164 valence electrons. The summed E-state index contributed by atoms with van der Waals surface area (Å²) >= 11 is 0. The van der Waals surface area contributed by atoms with Gasteiger partial charge in [-0.2, -0.15) is 5.48 Å². The topological polar surface area (TPSA) is 84.1 Å². The lowest BCUT2D eigenvalue weighted by atomic mass is 9.86. The van der Waals surface area contributed by atoms with E-state index in [-0.39, 0.29) is 24.1 Å². The number of carbonyl (C=O) groups excluding carboxylic acids is 1. The van der Waals surface area contributed by atoms with Gasteiger partial charge >= 0.3 is 6.09 Å². The Morgan fingerprint density at radius 2 is 1.90 bits per heavy atom. The van der Waals surface area contributed by atoms with Crippen molar-refractivity contribution in [3.05, 3.63) is 0 Å². The van der Waals surface area contributed by atoms with E-state index in [1.807, 2.05) is 11.8 Å². The van der Waals surface area contributed by atoms with Gasteiger partial charge in [0.25, 0.3) is 0 Å². The van der Waals surface area contributed by atoms with Gasteiger partial charge in [0.2, 0.25) is 0 Å². The van der Waals surface area contributed by atoms with Gasteiger partial charge in [-0.1, -0.05) is 0 Å². The summed E-state index contributed by atoms with van der Waals surface area (Å²) in [4.78, 5) is 20.1. The van der Waals surface area contributed by atoms with Crippen LogP contribution >= 0.6 is 0 Å². The molecule has 1 amide bonds. The molecular weight excluding hydrogens is 372 g/mol. The molecule has 1 saturated carbocycles. The summed E-state index contributed by atoms with van der Waals surface area (Å²) in [6.45, 7) is 6.37. The van der Waals surface area contributed by atoms with Crippen molar-refractivity contribution in [2.24, 2.45) is 17.8 Å². The Morgan fingerprint density at radius 1 is 1.07 bits per heavy atom. The number of carbonyl (C=O) groups is 1. The lowest BCUT2D eigenvalue weighted by Gasteiger charge is -2.36. The van der Waals surface area contributed by atoms with Gasteiger partial charge in [-0.3, -0.25) is 10.2 Å². The van der Waals surface area contributed by atoms with Crippen LogP contribution in [-0.2, 0) is 14.3 Å². The molecule has 29 heavy (non-hydrogen) atoms. The number of piperidine rings is 2. The SMILES string of the molecule is CC1(OC(=O)N2CCC(C3NOC(C4CCC(C5CCOC5)NC4)N3)CC2)CC1. The molecule has 3 N–H and O–H groups in total. The first-order valence-electron chi connectivity index (χ1n) is 11.6. The second-order valence-corrected chi connectivity index (χ2v) is 9.92. The van der Waals surface area contributed by atoms with E-state index in [9.17, 15) is 4.79 Å². The van der Waals surface area contributed by atoms with Crippen LogP contribution in [0.3, 0.4) is 0 Å². The molecule has 0 aromatic heterocycles. The molecule has 5 fully saturated rings. The van der Waals surface area contributed by atoms with Crippen molar-refractivity contribution >= 4 is 6.09 Å². The standard InChI is InChI=1S/C21H36N4O4/c1-21(7-8-21)28-20(26)25-9-4-14(5-10-25)18-23-19(29-24-18)15-2-3-17(22-12-15)16-6-11-27-13-16/h14-19,22-24H,2-13H2,1H3. The molecule has 4 saturated heterocycles. The van der Waals surface area contributed by atoms with E-state index in [1.54, 1.807) is 0 Å². The Hall–Kier alpha value is -0.930. The molecule has 0 spiro atoms. The number of likely N-dealkylation sites (tertiary alicyclic amines) is 1. The van der Waals surface area contributed by atoms with Crippen LogP contribution in [0.25, 0.3) is 0 Å². The zero-order valence-electron chi connectivity index (χ0n) is 17.5. The number of rotatable bonds is 4. The molecule has 4 heterocycles. The summed E-state index contributed by atoms with van der Waals surface area (Å²) in [7, 11) is 0. The minimum atomic E-state index is -0.193. The minimum absolute atomic E-state index is 0.0612. The van der Waals surface area contributed by atoms with Crippen molar-refractivity contribution < 1.29 is 19.1 Å². The number of hydrogen-bond acceptors (Lipinski definition) is 7. The maximum absolute atomic E-state index is 12.3. The molecule has 4 aliphatic heterocycles. The van der Waals surface area contributed by atoms with Crippen molar-refractivity contribution in [3.8, 4) is 0 Å². The first-order chi connectivity index (χ1) is 14.1. The number of nitrogens with one attached hydrogen (secondary N) is 3. The Kier molecular flexibility index (Phi) is 5.73. The molecular formula is C21H36N4O4. The molecule has 0 bridgehead atoms. The number of ether oxygens (including phenoxy) is 2. The van der Waals surface area contributed by atoms with E-state index in [2.05, 4.69) is 16.1 Å². The summed E-state index contributed by atoms with van der Waals surface area (Å²) in [6, 6.07) is 0.598. The van der Waals surface area contributed by atoms with Crippen molar-refractivity contribution in [1.82, 2.24) is 21.0 Å². The van der Waals surface area contributed by atoms with Crippen LogP contribution in [0.15, 0.2) is 0 Å². The van der Waals surface area contributed by atoms with Gasteiger partial charge in [0.15, 0.2) is 0 Å². The van der Waals surface area contributed by atoms with Crippen molar-refractivity contribution in [2.45, 2.75) is 75.9 Å². The first-order valence-corrected chi connectivity index (χ1v) is 11.6. The molecule has 5 unspecified atom stereocenters. The highest BCUT2D eigenvalue weighted by atomic mass is 16.7. The number of nitrogens with zero attached hydrogens (tertiary/aromatic N) is 1. The Labute approximate surface area is 173 Å². The fraction of sp³-hybridized carbons (Fsp3) is 0.952. The Bertz CT molecular complexity index is 579. The molecule has 8 heteroatoms. The van der Waals surface area contributed by atoms with Gasteiger partial charge in [0.05, 0.1) is 12.8 Å². The molecule has 5 atom stereocenters. The third-order valence-corrected chi connectivity index (χ3v) is 7.68. The minimum Gasteiger partial charge on any atom is -0.443 e. The lowest BCUT2D eigenvalue weighted by Crippen LogP contribution is -2.51. The number of hydrogen-bond donors (Lipinski definition) is 3. The van der Waals surface area contributed by atoms with Gasteiger partial charge in [-0.05, 0) is 63.7 Å². The molecule has 0 radical (unpaired) electrons. The summed E-state index contributed by atoms with van der Waals surface area (Å²) in [6.07, 6.45) is 7.60. The van der Waals surface area contributed by atoms with E-state index < -0.39 is 0 Å². The zero-order valence-corrected chi connectivity index (χ0v) is 17.5. The van der Waals surface area contributed by atoms with Crippen LogP contribution in [0.4, 0.5) is 4.79 Å². The third kappa shape index (κ3) is 4.56. The summed E-state index contributed by atoms with van der Waals surface area (Å²) in [5.41, 5.74) is 3.05. The fourth-order valence-electron chi connectivity index (χ4n) is 5.26. The average molecular weight is 409 g/mol. The highest BCUT2D eigenvalue weighted by Gasteiger charge is 2.44. The van der Waals surface area contributed by atoms with Crippen LogP contribution in [0.2, 0.25) is 0 Å². The van der Waals surface area contributed by atoms with Crippen molar-refractivity contribution in [2.75, 3.05) is 32.8 Å². The second kappa shape index (κ2) is 8.30. The van der Waals surface area contributed by atoms with Gasteiger partial charge in [0, 0.05) is 38.2 Å². The zero-order chi connectivity index (χ0) is 19.8. The Balaban J connectivity index is 1.04. The molecule has 8 nitrogen and oxygen atoms in total. The predicted molar refractivity (Wildman–Crippen MR) is 107 cm³/mol. The van der Waals surface area contributed by atoms with Crippen LogP contribution in [0, 0.1) is 17.8 Å². The molecule has 0 aromatic carbocycles. The fourth-order valence-corrected chi connectivity index (χ4v) is 5.26. The van der Waals surface area contributed by atoms with E-state index in [1.165, 1.54) is 19.3 Å². The van der Waals surface area contributed by atoms with E-state index in [0.717, 1.165) is 58.5 Å². The van der Waals surface area contributed by atoms with Crippen molar-refractivity contribution in [3.63, 3.8) is 0 Å². The van der Waals surface area contributed by atoms with Gasteiger partial charge in [-0.15, -0.1) is 0 Å². The van der Waals surface area contributed by atoms with Crippen LogP contribution < -0.4 is 16.1 Å². The second-order valence-electron chi connectivity index (χ2n) is 9.92. The first kappa shape index (κ1) is 20.0. The highest BCUT2D eigenvalue weighted by Crippen LogP contribution is 2.39. The third-order valence-electron chi connectivity index (χ3n) is 7.68. The summed E-state index contributed by atoms with van der Waals surface area (Å²) in [5, 5.41) is 7.41. The quantitative estimate of drug-likeness (QED) is 0.651. The van der Waals surface area contributed by atoms with E-state index in [4.69, 9.17) is 14.3 Å². The molecule has 0 aromatic rings. The van der Waals surface area contributed by atoms with Crippen LogP contribution in [0.1, 0.15) is 51.9 Å². The smallest absolute Gasteiger partial charge is 0.410 e. The number of amides is 1. The molecule has 5 rings (SSSR count). The van der Waals surface area contributed by atoms with E-state index in [0.29, 0.717) is 23.8 Å². The van der Waals surface area contributed by atoms with Crippen LogP contribution in [0.5, 0.6) is 0 Å². The highest BCUT2D eigenvalue weighted by molar-refractivity contribution is 5.68. The van der Waals surface area contributed by atoms with Crippen molar-refractivity contribution in [1.29, 1.82) is 0 Å². The monoisotopic (exact) mass is 408 g/mol. The maximum Gasteiger partial charge on any atom is 0.410 e. The van der Waals surface area contributed by atoms with Gasteiger partial charge in [-0.25, -0.2) is 4.79 Å². The average Bonchev–Trinajstić information content (AvgIpc) is 3.18. The largest absolute Gasteiger partial charge is 0.443 e. The normalized spacial score (nSPS) is 40.2. The Morgan fingerprint density at radius 3 is 2.55 bits per heavy atom. The summed E-state index contributed by atoms with van der Waals surface area (Å²) in [5.74, 6) is 1.64. The molecule has 1 aliphatic carbocycles. The van der Waals surface area contributed by atoms with Crippen LogP contribution in [-0.4, -0.2) is 67.9 Å². The van der Waals surface area contributed by atoms with E-state index >= 15 is 0 Å². The number of hydroxylamine groups is 1. The van der Waals surface area contributed by atoms with Gasteiger partial charge in [0.1, 0.15) is 11.8 Å². The lowest BCUT2D eigenvalue weighted by molar-refractivity contribution is -0.0243. The molecule has 5 aliphatic rings. The predicted octanol–water partition coefficient (Wildman–Crippen LogP) is 1.57. The summed E-state index contributed by atoms with van der Waals surface area (Å²) < 4.78 is 11.2.